The lowest BCUT2D eigenvalue weighted by molar-refractivity contribution is 0.0736. The quantitative estimate of drug-likeness (QED) is 0.714. The van der Waals surface area contributed by atoms with Crippen LogP contribution in [0.3, 0.4) is 0 Å². The smallest absolute Gasteiger partial charge is 0.114 e. The number of nitrogens with zero attached hydrogens (tertiary/aromatic N) is 3. The number of hydrogen-bond donors (Lipinski definition) is 1. The lowest BCUT2D eigenvalue weighted by Gasteiger charge is -2.11. The zero-order valence-corrected chi connectivity index (χ0v) is 10.3. The van der Waals surface area contributed by atoms with Crippen molar-refractivity contribution in [2.75, 3.05) is 13.2 Å². The van der Waals surface area contributed by atoms with Crippen molar-refractivity contribution < 1.29 is 9.84 Å². The maximum absolute atomic E-state index is 9.70. The van der Waals surface area contributed by atoms with Crippen molar-refractivity contribution in [3.63, 3.8) is 0 Å². The van der Waals surface area contributed by atoms with Crippen molar-refractivity contribution in [1.29, 1.82) is 0 Å². The Morgan fingerprint density at radius 3 is 2.75 bits per heavy atom. The summed E-state index contributed by atoms with van der Waals surface area (Å²) in [7, 11) is 0. The molecule has 16 heavy (non-hydrogen) atoms. The first-order valence-electron chi connectivity index (χ1n) is 5.74. The summed E-state index contributed by atoms with van der Waals surface area (Å²) >= 11 is 0. The van der Waals surface area contributed by atoms with Crippen LogP contribution in [0, 0.1) is 0 Å². The largest absolute Gasteiger partial charge is 0.384 e. The fourth-order valence-electron chi connectivity index (χ4n) is 1.19. The van der Waals surface area contributed by atoms with E-state index in [1.807, 2.05) is 0 Å². The minimum atomic E-state index is -0.929. The Balaban J connectivity index is 2.30. The molecule has 0 bridgehead atoms. The van der Waals surface area contributed by atoms with Crippen LogP contribution in [0.2, 0.25) is 0 Å². The third-order valence-electron chi connectivity index (χ3n) is 2.27. The van der Waals surface area contributed by atoms with E-state index in [9.17, 15) is 5.11 Å². The number of hydrogen-bond acceptors (Lipinski definition) is 4. The average Bonchev–Trinajstić information content (AvgIpc) is 2.65. The van der Waals surface area contributed by atoms with Gasteiger partial charge in [-0.15, -0.1) is 5.10 Å². The summed E-state index contributed by atoms with van der Waals surface area (Å²) in [5.74, 6) is 0. The molecule has 92 valence electrons. The summed E-state index contributed by atoms with van der Waals surface area (Å²) in [6.07, 6.45) is 3.99. The van der Waals surface area contributed by atoms with E-state index in [1.54, 1.807) is 24.7 Å². The fraction of sp³-hybridized carbons (Fsp3) is 0.818. The molecule has 0 aliphatic carbocycles. The van der Waals surface area contributed by atoms with Crippen LogP contribution in [0.15, 0.2) is 6.20 Å². The molecule has 1 rings (SSSR count). The van der Waals surface area contributed by atoms with E-state index < -0.39 is 5.60 Å². The molecule has 1 heterocycles. The van der Waals surface area contributed by atoms with E-state index in [2.05, 4.69) is 17.2 Å². The van der Waals surface area contributed by atoms with Crippen LogP contribution in [0.1, 0.15) is 39.3 Å². The number of rotatable bonds is 7. The Bertz CT molecular complexity index is 304. The summed E-state index contributed by atoms with van der Waals surface area (Å²) in [6, 6.07) is 0. The van der Waals surface area contributed by atoms with Gasteiger partial charge in [0.25, 0.3) is 0 Å². The van der Waals surface area contributed by atoms with E-state index in [0.717, 1.165) is 19.4 Å². The molecule has 0 amide bonds. The van der Waals surface area contributed by atoms with Crippen molar-refractivity contribution in [3.05, 3.63) is 11.9 Å². The Morgan fingerprint density at radius 1 is 1.44 bits per heavy atom. The van der Waals surface area contributed by atoms with Gasteiger partial charge in [-0.05, 0) is 20.3 Å². The molecule has 0 saturated heterocycles. The van der Waals surface area contributed by atoms with Crippen molar-refractivity contribution in [2.24, 2.45) is 0 Å². The normalized spacial score (nSPS) is 12.0. The first kappa shape index (κ1) is 13.1. The van der Waals surface area contributed by atoms with Gasteiger partial charge in [0.1, 0.15) is 11.3 Å². The molecular formula is C11H21N3O2. The van der Waals surface area contributed by atoms with Gasteiger partial charge in [-0.2, -0.15) is 0 Å². The molecule has 0 radical (unpaired) electrons. The molecule has 0 aromatic carbocycles. The minimum Gasteiger partial charge on any atom is -0.384 e. The molecule has 5 nitrogen and oxygen atoms in total. The van der Waals surface area contributed by atoms with Gasteiger partial charge in [-0.3, -0.25) is 0 Å². The second-order valence-electron chi connectivity index (χ2n) is 4.39. The molecule has 0 saturated carbocycles. The number of aliphatic hydroxyl groups is 1. The van der Waals surface area contributed by atoms with Crippen LogP contribution in [-0.2, 0) is 16.9 Å². The van der Waals surface area contributed by atoms with E-state index in [0.29, 0.717) is 18.8 Å². The van der Waals surface area contributed by atoms with Crippen molar-refractivity contribution >= 4 is 0 Å². The minimum absolute atomic E-state index is 0.584. The maximum Gasteiger partial charge on any atom is 0.114 e. The Kier molecular flexibility index (Phi) is 4.89. The lowest BCUT2D eigenvalue weighted by Crippen LogP contribution is -2.16. The van der Waals surface area contributed by atoms with Crippen molar-refractivity contribution in [2.45, 2.75) is 45.8 Å². The predicted molar refractivity (Wildman–Crippen MR) is 61.0 cm³/mol. The molecule has 0 fully saturated rings. The van der Waals surface area contributed by atoms with E-state index >= 15 is 0 Å². The molecule has 0 unspecified atom stereocenters. The van der Waals surface area contributed by atoms with Gasteiger partial charge in [0, 0.05) is 6.61 Å². The highest BCUT2D eigenvalue weighted by molar-refractivity contribution is 5.02. The van der Waals surface area contributed by atoms with Gasteiger partial charge >= 0.3 is 0 Å². The first-order valence-corrected chi connectivity index (χ1v) is 5.74. The lowest BCUT2D eigenvalue weighted by atomic mass is 10.1. The molecule has 1 aromatic heterocycles. The third kappa shape index (κ3) is 4.28. The van der Waals surface area contributed by atoms with Gasteiger partial charge in [-0.1, -0.05) is 18.6 Å². The van der Waals surface area contributed by atoms with Gasteiger partial charge < -0.3 is 9.84 Å². The second kappa shape index (κ2) is 5.96. The van der Waals surface area contributed by atoms with E-state index in [-0.39, 0.29) is 0 Å². The second-order valence-corrected chi connectivity index (χ2v) is 4.39. The summed E-state index contributed by atoms with van der Waals surface area (Å²) in [4.78, 5) is 0. The summed E-state index contributed by atoms with van der Waals surface area (Å²) in [6.45, 7) is 7.62. The van der Waals surface area contributed by atoms with Gasteiger partial charge in [0.15, 0.2) is 0 Å². The topological polar surface area (TPSA) is 60.2 Å². The van der Waals surface area contributed by atoms with Crippen molar-refractivity contribution in [3.8, 4) is 0 Å². The zero-order chi connectivity index (χ0) is 12.0. The highest BCUT2D eigenvalue weighted by Gasteiger charge is 2.19. The molecule has 0 aliphatic heterocycles. The molecule has 1 aromatic rings. The molecule has 5 heteroatoms. The number of ether oxygens (including phenoxy) is 1. The van der Waals surface area contributed by atoms with Crippen molar-refractivity contribution in [1.82, 2.24) is 15.0 Å². The first-order chi connectivity index (χ1) is 7.54. The van der Waals surface area contributed by atoms with Gasteiger partial charge in [0.2, 0.25) is 0 Å². The fourth-order valence-corrected chi connectivity index (χ4v) is 1.19. The van der Waals surface area contributed by atoms with Crippen LogP contribution >= 0.6 is 0 Å². The highest BCUT2D eigenvalue weighted by atomic mass is 16.5. The highest BCUT2D eigenvalue weighted by Crippen LogP contribution is 2.15. The molecule has 0 atom stereocenters. The summed E-state index contributed by atoms with van der Waals surface area (Å²) in [5.41, 5.74) is -0.345. The maximum atomic E-state index is 9.70. The number of unbranched alkanes of at least 4 members (excludes halogenated alkanes) is 1. The Hall–Kier alpha value is -0.940. The summed E-state index contributed by atoms with van der Waals surface area (Å²) in [5, 5.41) is 17.5. The van der Waals surface area contributed by atoms with E-state index in [1.165, 1.54) is 0 Å². The van der Waals surface area contributed by atoms with Crippen LogP contribution in [-0.4, -0.2) is 33.3 Å². The molecule has 1 N–H and O–H groups in total. The van der Waals surface area contributed by atoms with Crippen LogP contribution < -0.4 is 0 Å². The monoisotopic (exact) mass is 227 g/mol. The van der Waals surface area contributed by atoms with Crippen LogP contribution in [0.25, 0.3) is 0 Å². The van der Waals surface area contributed by atoms with Crippen LogP contribution in [0.4, 0.5) is 0 Å². The van der Waals surface area contributed by atoms with Crippen LogP contribution in [0.5, 0.6) is 0 Å². The van der Waals surface area contributed by atoms with Gasteiger partial charge in [0.05, 0.1) is 19.3 Å². The predicted octanol–water partition coefficient (Wildman–Crippen LogP) is 1.32. The van der Waals surface area contributed by atoms with E-state index in [4.69, 9.17) is 4.74 Å². The molecular weight excluding hydrogens is 206 g/mol. The Labute approximate surface area is 96.4 Å². The SMILES string of the molecule is CCCCOCCn1cc(C(C)(C)O)nn1. The average molecular weight is 227 g/mol. The standard InChI is InChI=1S/C11H21N3O2/c1-4-5-7-16-8-6-14-9-10(12-13-14)11(2,3)15/h9,15H,4-8H2,1-3H3. The van der Waals surface area contributed by atoms with Gasteiger partial charge in [-0.25, -0.2) is 4.68 Å². The molecule has 0 spiro atoms. The summed E-state index contributed by atoms with van der Waals surface area (Å²) < 4.78 is 7.12. The third-order valence-corrected chi connectivity index (χ3v) is 2.27. The Morgan fingerprint density at radius 2 is 2.19 bits per heavy atom. The number of aromatic nitrogens is 3. The zero-order valence-electron chi connectivity index (χ0n) is 10.3. The molecule has 0 aliphatic rings.